The van der Waals surface area contributed by atoms with Crippen LogP contribution in [0.15, 0.2) is 18.2 Å². The Bertz CT molecular complexity index is 296. The summed E-state index contributed by atoms with van der Waals surface area (Å²) in [5, 5.41) is 0.917. The fourth-order valence-corrected chi connectivity index (χ4v) is 2.00. The molecule has 0 bridgehead atoms. The van der Waals surface area contributed by atoms with Crippen LogP contribution in [0.4, 0.5) is 0 Å². The first-order valence-electron chi connectivity index (χ1n) is 4.20. The maximum absolute atomic E-state index is 6.06. The Morgan fingerprint density at radius 2 is 2.25 bits per heavy atom. The van der Waals surface area contributed by atoms with Gasteiger partial charge in [0.2, 0.25) is 0 Å². The van der Waals surface area contributed by atoms with Gasteiger partial charge in [-0.15, -0.1) is 0 Å². The van der Waals surface area contributed by atoms with Crippen molar-refractivity contribution in [3.8, 4) is 0 Å². The number of halogens is 1. The van der Waals surface area contributed by atoms with E-state index >= 15 is 0 Å². The predicted octanol–water partition coefficient (Wildman–Crippen LogP) is 1.07. The van der Waals surface area contributed by atoms with E-state index in [1.54, 1.807) is 0 Å². The average Bonchev–Trinajstić information content (AvgIpc) is 2.04. The topological polar surface area (TPSA) is 4.44 Å². The van der Waals surface area contributed by atoms with Gasteiger partial charge in [0.1, 0.15) is 0 Å². The molecule has 0 spiro atoms. The number of quaternary nitrogens is 1. The minimum absolute atomic E-state index is 0.917. The van der Waals surface area contributed by atoms with Gasteiger partial charge < -0.3 is 4.90 Å². The summed E-state index contributed by atoms with van der Waals surface area (Å²) in [6, 6.07) is 6.12. The quantitative estimate of drug-likeness (QED) is 0.572. The summed E-state index contributed by atoms with van der Waals surface area (Å²) in [5.41, 5.74) is 2.69. The van der Waals surface area contributed by atoms with E-state index in [1.165, 1.54) is 16.0 Å². The lowest BCUT2D eigenvalue weighted by Gasteiger charge is -2.28. The Morgan fingerprint density at radius 1 is 1.42 bits per heavy atom. The molecule has 1 atom stereocenters. The highest BCUT2D eigenvalue weighted by Gasteiger charge is 2.14. The summed E-state index contributed by atoms with van der Waals surface area (Å²) < 4.78 is 0. The van der Waals surface area contributed by atoms with Crippen molar-refractivity contribution >= 4 is 11.6 Å². The maximum atomic E-state index is 6.06. The van der Waals surface area contributed by atoms with E-state index in [1.807, 2.05) is 12.1 Å². The Kier molecular flexibility index (Phi) is 2.07. The van der Waals surface area contributed by atoms with Gasteiger partial charge >= 0.3 is 0 Å². The lowest BCUT2D eigenvalue weighted by molar-refractivity contribution is -0.870. The molecular weight excluding hydrogens is 170 g/mol. The molecule has 0 fully saturated rings. The molecule has 2 rings (SSSR count). The molecule has 1 aliphatic rings. The normalized spacial score (nSPS) is 22.0. The Balaban J connectivity index is 2.42. The third-order valence-corrected chi connectivity index (χ3v) is 2.74. The van der Waals surface area contributed by atoms with Crippen LogP contribution in [0.5, 0.6) is 0 Å². The van der Waals surface area contributed by atoms with Gasteiger partial charge in [-0.3, -0.25) is 0 Å². The highest BCUT2D eigenvalue weighted by molar-refractivity contribution is 6.31. The van der Waals surface area contributed by atoms with Crippen LogP contribution in [0.1, 0.15) is 11.1 Å². The van der Waals surface area contributed by atoms with Crippen LogP contribution in [-0.2, 0) is 13.0 Å². The van der Waals surface area contributed by atoms with Crippen LogP contribution in [-0.4, -0.2) is 6.54 Å². The van der Waals surface area contributed by atoms with Crippen molar-refractivity contribution in [2.45, 2.75) is 13.0 Å². The Morgan fingerprint density at radius 3 is 3.08 bits per heavy atom. The molecule has 0 saturated heterocycles. The maximum Gasteiger partial charge on any atom is 0.0791 e. The summed E-state index contributed by atoms with van der Waals surface area (Å²) in [4.78, 5) is 1.32. The zero-order valence-corrected chi connectivity index (χ0v) is 7.69. The first-order valence-corrected chi connectivity index (χ1v) is 4.58. The minimum atomic E-state index is 0.917. The third-order valence-electron chi connectivity index (χ3n) is 2.38. The van der Waals surface area contributed by atoms with Crippen LogP contribution in [0.25, 0.3) is 0 Å². The van der Waals surface area contributed by atoms with Crippen molar-refractivity contribution in [1.82, 2.24) is 0 Å². The van der Waals surface area contributed by atoms with Crippen molar-refractivity contribution in [2.75, 3.05) is 6.54 Å². The van der Waals surface area contributed by atoms with Gasteiger partial charge in [-0.25, -0.2) is 0 Å². The first kappa shape index (κ1) is 8.09. The fraction of sp³-hybridized carbons (Fsp3) is 0.300. The summed E-state index contributed by atoms with van der Waals surface area (Å²) >= 11 is 6.06. The molecule has 0 aliphatic carbocycles. The van der Waals surface area contributed by atoms with Crippen molar-refractivity contribution in [2.24, 2.45) is 0 Å². The molecule has 2 heteroatoms. The largest absolute Gasteiger partial charge is 0.464 e. The van der Waals surface area contributed by atoms with Gasteiger partial charge in [-0.2, -0.15) is 7.05 Å². The van der Waals surface area contributed by atoms with Crippen molar-refractivity contribution in [3.63, 3.8) is 0 Å². The molecule has 0 aromatic heterocycles. The molecule has 1 aliphatic heterocycles. The molecule has 64 valence electrons. The van der Waals surface area contributed by atoms with Gasteiger partial charge in [-0.05, 0) is 11.6 Å². The Labute approximate surface area is 77.9 Å². The van der Waals surface area contributed by atoms with E-state index in [0.717, 1.165) is 24.5 Å². The highest BCUT2D eigenvalue weighted by atomic mass is 35.5. The van der Waals surface area contributed by atoms with E-state index in [4.69, 9.17) is 11.6 Å². The number of hydrogen-bond donors (Lipinski definition) is 1. The van der Waals surface area contributed by atoms with E-state index in [2.05, 4.69) is 13.1 Å². The summed E-state index contributed by atoms with van der Waals surface area (Å²) in [7, 11) is 4.00. The van der Waals surface area contributed by atoms with Crippen LogP contribution in [0, 0.1) is 7.05 Å². The van der Waals surface area contributed by atoms with Crippen molar-refractivity contribution in [3.05, 3.63) is 41.4 Å². The summed E-state index contributed by atoms with van der Waals surface area (Å²) in [6.45, 7) is 2.10. The number of nitrogens with one attached hydrogen (secondary N) is 1. The van der Waals surface area contributed by atoms with Gasteiger partial charge in [0.25, 0.3) is 0 Å². The van der Waals surface area contributed by atoms with Crippen molar-refractivity contribution < 1.29 is 4.90 Å². The predicted molar refractivity (Wildman–Crippen MR) is 50.0 cm³/mol. The number of benzene rings is 1. The van der Waals surface area contributed by atoms with Gasteiger partial charge in [0.15, 0.2) is 0 Å². The molecule has 1 N–H and O–H groups in total. The second-order valence-corrected chi connectivity index (χ2v) is 3.71. The average molecular weight is 182 g/mol. The molecule has 0 saturated carbocycles. The summed E-state index contributed by atoms with van der Waals surface area (Å²) in [6.07, 6.45) is 1.06. The molecule has 12 heavy (non-hydrogen) atoms. The van der Waals surface area contributed by atoms with Crippen LogP contribution in [0.2, 0.25) is 5.02 Å². The lowest BCUT2D eigenvalue weighted by atomic mass is 10.0. The molecule has 0 radical (unpaired) electrons. The van der Waals surface area contributed by atoms with Crippen LogP contribution in [0.3, 0.4) is 0 Å². The smallest absolute Gasteiger partial charge is 0.0791 e. The van der Waals surface area contributed by atoms with Gasteiger partial charge in [-0.1, -0.05) is 23.7 Å². The SMILES string of the molecule is [CH2-][NH+]1CCc2c(Cl)cccc2C1. The highest BCUT2D eigenvalue weighted by Crippen LogP contribution is 2.21. The van der Waals surface area contributed by atoms with E-state index in [0.29, 0.717) is 0 Å². The number of rotatable bonds is 0. The number of fused-ring (bicyclic) bond motifs is 1. The summed E-state index contributed by atoms with van der Waals surface area (Å²) in [5.74, 6) is 0. The van der Waals surface area contributed by atoms with Gasteiger partial charge in [0, 0.05) is 17.0 Å². The Hall–Kier alpha value is -0.530. The molecule has 1 nitrogen and oxygen atoms in total. The number of hydrogen-bond acceptors (Lipinski definition) is 0. The standard InChI is InChI=1S/C10H12ClN/c1-12-6-5-9-8(7-12)3-2-4-10(9)11/h2-4,12H,1,5-7H2. The van der Waals surface area contributed by atoms with E-state index in [-0.39, 0.29) is 0 Å². The van der Waals surface area contributed by atoms with Crippen molar-refractivity contribution in [1.29, 1.82) is 0 Å². The van der Waals surface area contributed by atoms with E-state index in [9.17, 15) is 0 Å². The molecule has 0 amide bonds. The molecule has 1 heterocycles. The van der Waals surface area contributed by atoms with E-state index < -0.39 is 0 Å². The second kappa shape index (κ2) is 3.08. The minimum Gasteiger partial charge on any atom is -0.464 e. The van der Waals surface area contributed by atoms with Crippen LogP contribution < -0.4 is 4.90 Å². The van der Waals surface area contributed by atoms with Crippen LogP contribution >= 0.6 is 11.6 Å². The molecule has 1 unspecified atom stereocenters. The molecule has 1 aromatic carbocycles. The third kappa shape index (κ3) is 1.35. The zero-order valence-electron chi connectivity index (χ0n) is 6.94. The zero-order chi connectivity index (χ0) is 8.55. The fourth-order valence-electron chi connectivity index (χ4n) is 1.71. The lowest BCUT2D eigenvalue weighted by Crippen LogP contribution is -3.06. The molecule has 1 aromatic rings. The van der Waals surface area contributed by atoms with Gasteiger partial charge in [0.05, 0.1) is 13.1 Å². The second-order valence-electron chi connectivity index (χ2n) is 3.30. The first-order chi connectivity index (χ1) is 5.77. The molecular formula is C10H12ClN. The monoisotopic (exact) mass is 181 g/mol.